The Morgan fingerprint density at radius 1 is 0.714 bits per heavy atom. The predicted octanol–water partition coefficient (Wildman–Crippen LogP) is 3.61. The largest absolute Gasteiger partial charge is 0.500 e. The van der Waals surface area contributed by atoms with Gasteiger partial charge in [0.25, 0.3) is 0 Å². The van der Waals surface area contributed by atoms with Gasteiger partial charge in [0, 0.05) is 54.3 Å². The van der Waals surface area contributed by atoms with Crippen molar-refractivity contribution in [1.29, 1.82) is 0 Å². The Morgan fingerprint density at radius 3 is 1.36 bits per heavy atom. The van der Waals surface area contributed by atoms with Crippen molar-refractivity contribution in [2.24, 2.45) is 0 Å². The highest BCUT2D eigenvalue weighted by atomic mass is 31.2. The maximum absolute atomic E-state index is 12.6. The van der Waals surface area contributed by atoms with Crippen molar-refractivity contribution in [2.45, 2.75) is 33.2 Å². The van der Waals surface area contributed by atoms with Gasteiger partial charge in [-0.05, 0) is 33.7 Å². The Hall–Kier alpha value is 0.357. The molecule has 0 N–H and O–H groups in total. The molecular formula is C15H37NO9P2Si. The van der Waals surface area contributed by atoms with Crippen LogP contribution in [0.2, 0.25) is 6.04 Å². The van der Waals surface area contributed by atoms with Crippen LogP contribution in [-0.4, -0.2) is 81.1 Å². The van der Waals surface area contributed by atoms with Crippen LogP contribution in [0.1, 0.15) is 27.2 Å². The molecule has 0 aromatic heterocycles. The summed E-state index contributed by atoms with van der Waals surface area (Å²) in [5.41, 5.74) is 0. The van der Waals surface area contributed by atoms with Crippen molar-refractivity contribution in [3.05, 3.63) is 0 Å². The third kappa shape index (κ3) is 9.91. The van der Waals surface area contributed by atoms with E-state index in [2.05, 4.69) is 0 Å². The molecule has 0 rings (SSSR count). The SMILES string of the molecule is CCO[Si](CCCN(CP(=O)(OC)OC)CP(=O)(OC)OC)(OCC)OCC. The van der Waals surface area contributed by atoms with Gasteiger partial charge in [0.2, 0.25) is 0 Å². The van der Waals surface area contributed by atoms with Crippen molar-refractivity contribution in [3.8, 4) is 0 Å². The van der Waals surface area contributed by atoms with E-state index < -0.39 is 24.0 Å². The Labute approximate surface area is 170 Å². The van der Waals surface area contributed by atoms with E-state index in [1.165, 1.54) is 28.4 Å². The molecule has 0 saturated heterocycles. The molecule has 0 saturated carbocycles. The number of nitrogens with zero attached hydrogens (tertiary/aromatic N) is 1. The van der Waals surface area contributed by atoms with E-state index in [9.17, 15) is 9.13 Å². The van der Waals surface area contributed by atoms with E-state index in [0.717, 1.165) is 0 Å². The summed E-state index contributed by atoms with van der Waals surface area (Å²) < 4.78 is 62.7. The highest BCUT2D eigenvalue weighted by molar-refractivity contribution is 7.54. The zero-order valence-corrected chi connectivity index (χ0v) is 21.0. The van der Waals surface area contributed by atoms with Crippen LogP contribution < -0.4 is 0 Å². The summed E-state index contributed by atoms with van der Waals surface area (Å²) in [5.74, 6) is 0. The molecule has 0 radical (unpaired) electrons. The van der Waals surface area contributed by atoms with Gasteiger partial charge in [-0.2, -0.15) is 0 Å². The van der Waals surface area contributed by atoms with E-state index in [1.807, 2.05) is 20.8 Å². The standard InChI is InChI=1S/C15H37NO9P2Si/c1-8-23-28(24-9-2,25-10-3)13-11-12-16(14-26(17,19-4)20-5)15-27(18,21-6)22-7/h8-15H2,1-7H3. The zero-order valence-electron chi connectivity index (χ0n) is 18.2. The van der Waals surface area contributed by atoms with Gasteiger partial charge in [0.15, 0.2) is 0 Å². The summed E-state index contributed by atoms with van der Waals surface area (Å²) in [6, 6.07) is 0.563. The minimum Gasteiger partial charge on any atom is -0.374 e. The lowest BCUT2D eigenvalue weighted by molar-refractivity contribution is 0.0701. The summed E-state index contributed by atoms with van der Waals surface area (Å²) >= 11 is 0. The van der Waals surface area contributed by atoms with Crippen LogP contribution in [0, 0.1) is 0 Å². The Morgan fingerprint density at radius 2 is 1.07 bits per heavy atom. The maximum atomic E-state index is 12.6. The van der Waals surface area contributed by atoms with Gasteiger partial charge >= 0.3 is 24.0 Å². The monoisotopic (exact) mass is 465 g/mol. The third-order valence-electron chi connectivity index (χ3n) is 3.91. The second-order valence-electron chi connectivity index (χ2n) is 5.71. The first kappa shape index (κ1) is 28.4. The van der Waals surface area contributed by atoms with Crippen LogP contribution in [0.25, 0.3) is 0 Å². The number of rotatable bonds is 18. The van der Waals surface area contributed by atoms with Gasteiger partial charge in [-0.1, -0.05) is 0 Å². The lowest BCUT2D eigenvalue weighted by atomic mass is 10.4. The molecule has 0 heterocycles. The molecule has 0 atom stereocenters. The van der Waals surface area contributed by atoms with Crippen LogP contribution in [0.3, 0.4) is 0 Å². The highest BCUT2D eigenvalue weighted by Crippen LogP contribution is 2.51. The fourth-order valence-corrected chi connectivity index (χ4v) is 7.55. The zero-order chi connectivity index (χ0) is 21.7. The van der Waals surface area contributed by atoms with Gasteiger partial charge in [-0.25, -0.2) is 0 Å². The first-order chi connectivity index (χ1) is 13.2. The summed E-state index contributed by atoms with van der Waals surface area (Å²) in [6.07, 6.45) is 0.499. The molecule has 0 unspecified atom stereocenters. The molecule has 0 bridgehead atoms. The normalized spacial score (nSPS) is 13.4. The fraction of sp³-hybridized carbons (Fsp3) is 1.00. The molecule has 28 heavy (non-hydrogen) atoms. The molecule has 0 spiro atoms. The highest BCUT2D eigenvalue weighted by Gasteiger charge is 2.40. The first-order valence-corrected chi connectivity index (χ1v) is 14.7. The lowest BCUT2D eigenvalue weighted by Gasteiger charge is -2.31. The predicted molar refractivity (Wildman–Crippen MR) is 110 cm³/mol. The molecule has 0 aromatic rings. The summed E-state index contributed by atoms with van der Waals surface area (Å²) in [4.78, 5) is 1.69. The van der Waals surface area contributed by atoms with Crippen molar-refractivity contribution in [1.82, 2.24) is 4.90 Å². The van der Waals surface area contributed by atoms with E-state index in [4.69, 9.17) is 31.4 Å². The minimum absolute atomic E-state index is 0.0524. The van der Waals surface area contributed by atoms with Gasteiger partial charge in [-0.3, -0.25) is 14.0 Å². The van der Waals surface area contributed by atoms with Gasteiger partial charge < -0.3 is 31.4 Å². The Kier molecular flexibility index (Phi) is 14.6. The van der Waals surface area contributed by atoms with E-state index >= 15 is 0 Å². The van der Waals surface area contributed by atoms with Gasteiger partial charge in [0.1, 0.15) is 12.6 Å². The van der Waals surface area contributed by atoms with E-state index in [0.29, 0.717) is 38.8 Å². The lowest BCUT2D eigenvalue weighted by Crippen LogP contribution is -2.46. The molecule has 0 amide bonds. The van der Waals surface area contributed by atoms with Crippen molar-refractivity contribution in [2.75, 3.05) is 67.4 Å². The quantitative estimate of drug-likeness (QED) is 0.220. The smallest absolute Gasteiger partial charge is 0.374 e. The average Bonchev–Trinajstić information content (AvgIpc) is 2.68. The fourth-order valence-electron chi connectivity index (χ4n) is 2.58. The van der Waals surface area contributed by atoms with Crippen molar-refractivity contribution in [3.63, 3.8) is 0 Å². The second kappa shape index (κ2) is 14.4. The molecule has 0 fully saturated rings. The van der Waals surface area contributed by atoms with Crippen LogP contribution in [0.5, 0.6) is 0 Å². The third-order valence-corrected chi connectivity index (χ3v) is 10.8. The van der Waals surface area contributed by atoms with Crippen LogP contribution in [-0.2, 0) is 40.5 Å². The van der Waals surface area contributed by atoms with Gasteiger partial charge in [-0.15, -0.1) is 0 Å². The summed E-state index contributed by atoms with van der Waals surface area (Å²) in [7, 11) is -4.26. The van der Waals surface area contributed by atoms with Crippen LogP contribution in [0.4, 0.5) is 0 Å². The Balaban J connectivity index is 5.25. The first-order valence-electron chi connectivity index (χ1n) is 9.26. The minimum atomic E-state index is -3.35. The topological polar surface area (TPSA) is 102 Å². The van der Waals surface area contributed by atoms with Crippen molar-refractivity contribution < 1.29 is 40.5 Å². The van der Waals surface area contributed by atoms with Gasteiger partial charge in [0.05, 0.1) is 0 Å². The molecule has 13 heteroatoms. The van der Waals surface area contributed by atoms with Crippen LogP contribution in [0.15, 0.2) is 0 Å². The molecule has 0 aliphatic heterocycles. The van der Waals surface area contributed by atoms with Crippen molar-refractivity contribution >= 4 is 24.0 Å². The summed E-state index contributed by atoms with van der Waals surface area (Å²) in [5, 5.41) is 0. The summed E-state index contributed by atoms with van der Waals surface area (Å²) in [6.45, 7) is 7.57. The molecular weight excluding hydrogens is 428 g/mol. The molecule has 10 nitrogen and oxygen atoms in total. The Bertz CT molecular complexity index is 451. The number of hydrogen-bond acceptors (Lipinski definition) is 10. The molecule has 0 aromatic carbocycles. The van der Waals surface area contributed by atoms with Crippen LogP contribution >= 0.6 is 15.2 Å². The maximum Gasteiger partial charge on any atom is 0.500 e. The molecule has 0 aliphatic carbocycles. The second-order valence-corrected chi connectivity index (χ2v) is 12.9. The van der Waals surface area contributed by atoms with E-state index in [1.54, 1.807) is 4.90 Å². The molecule has 170 valence electrons. The average molecular weight is 465 g/mol. The number of hydrogen-bond donors (Lipinski definition) is 0. The molecule has 0 aliphatic rings. The van der Waals surface area contributed by atoms with E-state index in [-0.39, 0.29) is 12.6 Å².